The molecule has 0 aromatic rings. The lowest BCUT2D eigenvalue weighted by atomic mass is 9.34. The zero-order valence-electron chi connectivity index (χ0n) is 27.7. The van der Waals surface area contributed by atoms with Crippen molar-refractivity contribution in [3.05, 3.63) is 11.6 Å². The highest BCUT2D eigenvalue weighted by Crippen LogP contribution is 2.74. The number of ether oxygens (including phenoxy) is 3. The van der Waals surface area contributed by atoms with Crippen LogP contribution in [0.3, 0.4) is 0 Å². The van der Waals surface area contributed by atoms with Crippen molar-refractivity contribution in [2.24, 2.45) is 44.8 Å². The molecule has 5 fully saturated rings. The van der Waals surface area contributed by atoms with E-state index in [1.807, 2.05) is 6.92 Å². The Bertz CT molecular complexity index is 1170. The summed E-state index contributed by atoms with van der Waals surface area (Å²) >= 11 is 0. The lowest BCUT2D eigenvalue weighted by molar-refractivity contribution is -0.309. The lowest BCUT2D eigenvalue weighted by Gasteiger charge is -2.71. The number of fused-ring (bicyclic) bond motifs is 5. The largest absolute Gasteiger partial charge is 0.461 e. The predicted molar refractivity (Wildman–Crippen MR) is 162 cm³/mol. The molecule has 9 heteroatoms. The van der Waals surface area contributed by atoms with Gasteiger partial charge < -0.3 is 39.7 Å². The van der Waals surface area contributed by atoms with Crippen LogP contribution in [-0.4, -0.2) is 87.1 Å². The zero-order valence-corrected chi connectivity index (χ0v) is 27.7. The molecular weight excluding hydrogens is 564 g/mol. The number of rotatable bonds is 4. The molecule has 44 heavy (non-hydrogen) atoms. The molecule has 2 aliphatic heterocycles. The van der Waals surface area contributed by atoms with Crippen LogP contribution in [0.5, 0.6) is 0 Å². The average Bonchev–Trinajstić information content (AvgIpc) is 3.27. The summed E-state index contributed by atoms with van der Waals surface area (Å²) in [6, 6.07) is 0. The van der Waals surface area contributed by atoms with Crippen molar-refractivity contribution in [1.82, 2.24) is 0 Å². The van der Waals surface area contributed by atoms with Crippen LogP contribution in [-0.2, 0) is 19.0 Å². The fourth-order valence-corrected chi connectivity index (χ4v) is 11.3. The van der Waals surface area contributed by atoms with Gasteiger partial charge in [0.2, 0.25) is 0 Å². The normalized spacial score (nSPS) is 53.1. The van der Waals surface area contributed by atoms with E-state index in [1.165, 1.54) is 0 Å². The van der Waals surface area contributed by atoms with Crippen LogP contribution < -0.4 is 0 Å². The molecule has 0 amide bonds. The average molecular weight is 621 g/mol. The highest BCUT2D eigenvalue weighted by atomic mass is 16.7. The van der Waals surface area contributed by atoms with Crippen molar-refractivity contribution in [3.63, 3.8) is 0 Å². The maximum absolute atomic E-state index is 13.4. The van der Waals surface area contributed by atoms with E-state index in [2.05, 4.69) is 40.7 Å². The molecule has 6 aliphatic rings. The molecule has 0 aromatic carbocycles. The molecule has 4 aliphatic carbocycles. The number of carbonyl (C=O) groups excluding carboxylic acids is 1. The van der Waals surface area contributed by atoms with Gasteiger partial charge in [-0.1, -0.05) is 47.6 Å². The topological polar surface area (TPSA) is 146 Å². The zero-order chi connectivity index (χ0) is 32.2. The van der Waals surface area contributed by atoms with Crippen LogP contribution in [0.15, 0.2) is 11.6 Å². The first-order valence-electron chi connectivity index (χ1n) is 17.0. The molecule has 0 aromatic heterocycles. The van der Waals surface area contributed by atoms with E-state index in [0.717, 1.165) is 37.7 Å². The summed E-state index contributed by atoms with van der Waals surface area (Å²) in [7, 11) is 0. The first-order chi connectivity index (χ1) is 20.4. The van der Waals surface area contributed by atoms with Gasteiger partial charge >= 0.3 is 5.97 Å². The predicted octanol–water partition coefficient (Wildman–Crippen LogP) is 3.48. The molecular formula is C35H56O9. The minimum absolute atomic E-state index is 0.0488. The third-order valence-corrected chi connectivity index (χ3v) is 14.5. The van der Waals surface area contributed by atoms with Crippen LogP contribution in [0.25, 0.3) is 0 Å². The highest BCUT2D eigenvalue weighted by Gasteiger charge is 2.69. The molecule has 0 bridgehead atoms. The summed E-state index contributed by atoms with van der Waals surface area (Å²) in [5, 5.41) is 52.8. The van der Waals surface area contributed by atoms with E-state index in [0.29, 0.717) is 25.2 Å². The van der Waals surface area contributed by atoms with Gasteiger partial charge in [0.15, 0.2) is 6.29 Å². The fraction of sp³-hybridized carbons (Fsp3) is 0.914. The van der Waals surface area contributed by atoms with E-state index >= 15 is 0 Å². The molecule has 15 atom stereocenters. The number of hydrogen-bond acceptors (Lipinski definition) is 9. The Morgan fingerprint density at radius 1 is 0.932 bits per heavy atom. The molecule has 2 saturated heterocycles. The van der Waals surface area contributed by atoms with Gasteiger partial charge in [0, 0.05) is 12.3 Å². The van der Waals surface area contributed by atoms with Gasteiger partial charge in [-0.15, -0.1) is 0 Å². The van der Waals surface area contributed by atoms with Crippen molar-refractivity contribution < 1.29 is 44.5 Å². The van der Waals surface area contributed by atoms with Crippen molar-refractivity contribution in [2.75, 3.05) is 6.61 Å². The summed E-state index contributed by atoms with van der Waals surface area (Å²) in [4.78, 5) is 13.4. The van der Waals surface area contributed by atoms with Gasteiger partial charge in [0.1, 0.15) is 24.4 Å². The van der Waals surface area contributed by atoms with Gasteiger partial charge in [-0.2, -0.15) is 0 Å². The van der Waals surface area contributed by atoms with Crippen molar-refractivity contribution in [3.8, 4) is 0 Å². The van der Waals surface area contributed by atoms with Gasteiger partial charge in [-0.05, 0) is 90.9 Å². The van der Waals surface area contributed by atoms with E-state index in [-0.39, 0.29) is 58.3 Å². The van der Waals surface area contributed by atoms with E-state index in [4.69, 9.17) is 14.2 Å². The first kappa shape index (κ1) is 32.9. The number of aliphatic hydroxyl groups is 5. The molecule has 3 saturated carbocycles. The smallest absolute Gasteiger partial charge is 0.316 e. The summed E-state index contributed by atoms with van der Waals surface area (Å²) in [6.07, 6.45) is 2.05. The SMILES string of the molecule is CC(O)C(C)[C@H]1C[C@]2(C=C3[C@H](O)C[C@@H]4[C@@]5(C)CC[C@H](O[C@@H]6OC[C@H](O)[C@H](O)[C@H]6O)C(C)(C)[C@@H]5CC[C@@]4(C)[C@]3(C)CC2)C(=O)O1. The van der Waals surface area contributed by atoms with Crippen LogP contribution in [0.2, 0.25) is 0 Å². The Morgan fingerprint density at radius 3 is 2.32 bits per heavy atom. The van der Waals surface area contributed by atoms with Crippen LogP contribution >= 0.6 is 0 Å². The van der Waals surface area contributed by atoms with Gasteiger partial charge in [-0.3, -0.25) is 4.79 Å². The second-order valence-corrected chi connectivity index (χ2v) is 16.9. The molecule has 2 unspecified atom stereocenters. The van der Waals surface area contributed by atoms with E-state index in [1.54, 1.807) is 6.92 Å². The maximum atomic E-state index is 13.4. The number of esters is 1. The minimum Gasteiger partial charge on any atom is -0.461 e. The van der Waals surface area contributed by atoms with Crippen molar-refractivity contribution in [2.45, 2.75) is 149 Å². The Balaban J connectivity index is 1.26. The fourth-order valence-electron chi connectivity index (χ4n) is 11.3. The van der Waals surface area contributed by atoms with Crippen LogP contribution in [0, 0.1) is 44.8 Å². The summed E-state index contributed by atoms with van der Waals surface area (Å²) < 4.78 is 17.9. The third kappa shape index (κ3) is 4.54. The second kappa shape index (κ2) is 10.7. The Hall–Kier alpha value is -1.07. The Morgan fingerprint density at radius 2 is 1.64 bits per heavy atom. The van der Waals surface area contributed by atoms with Crippen molar-refractivity contribution in [1.29, 1.82) is 0 Å². The Kier molecular flexibility index (Phi) is 8.01. The molecule has 6 rings (SSSR count). The number of cyclic esters (lactones) is 1. The maximum Gasteiger partial charge on any atom is 0.316 e. The van der Waals surface area contributed by atoms with Gasteiger partial charge in [0.25, 0.3) is 0 Å². The van der Waals surface area contributed by atoms with Crippen LogP contribution in [0.4, 0.5) is 0 Å². The minimum atomic E-state index is -1.31. The standard InChI is InChI=1S/C35H56O9/c1-18(19(2)36)23-16-35(30(41)43-23)13-12-33(6)20(15-35)21(37)14-25-32(5)10-9-26(31(3,4)24(32)8-11-34(25,33)7)44-29-28(40)27(39)22(38)17-42-29/h15,18-19,21-29,36-40H,8-14,16-17H2,1-7H3/t18?,19?,21-,22+,23-,24+,25-,26+,27+,28-,29+,32+,33-,34-,35+/m1/s1. The van der Waals surface area contributed by atoms with Crippen LogP contribution in [0.1, 0.15) is 99.8 Å². The summed E-state index contributed by atoms with van der Waals surface area (Å²) in [5.74, 6) is 0.221. The van der Waals surface area contributed by atoms with E-state index < -0.39 is 42.2 Å². The monoisotopic (exact) mass is 620 g/mol. The van der Waals surface area contributed by atoms with Crippen molar-refractivity contribution >= 4 is 5.97 Å². The molecule has 250 valence electrons. The molecule has 2 heterocycles. The Labute approximate surface area is 262 Å². The summed E-state index contributed by atoms with van der Waals surface area (Å²) in [5.41, 5.74) is -0.343. The van der Waals surface area contributed by atoms with Gasteiger partial charge in [0.05, 0.1) is 30.3 Å². The second-order valence-electron chi connectivity index (χ2n) is 16.9. The first-order valence-corrected chi connectivity index (χ1v) is 17.0. The lowest BCUT2D eigenvalue weighted by Crippen LogP contribution is -2.66. The molecule has 9 nitrogen and oxygen atoms in total. The molecule has 0 radical (unpaired) electrons. The highest BCUT2D eigenvalue weighted by molar-refractivity contribution is 5.82. The third-order valence-electron chi connectivity index (χ3n) is 14.5. The molecule has 5 N–H and O–H groups in total. The molecule has 1 spiro atoms. The van der Waals surface area contributed by atoms with E-state index in [9.17, 15) is 30.3 Å². The quantitative estimate of drug-likeness (QED) is 0.181. The van der Waals surface area contributed by atoms with Gasteiger partial charge in [-0.25, -0.2) is 0 Å². The number of carbonyl (C=O) groups is 1. The number of aliphatic hydroxyl groups excluding tert-OH is 5. The summed E-state index contributed by atoms with van der Waals surface area (Å²) in [6.45, 7) is 15.2. The number of hydrogen-bond donors (Lipinski definition) is 5.